The van der Waals surface area contributed by atoms with E-state index in [0.717, 1.165) is 55.5 Å². The van der Waals surface area contributed by atoms with Gasteiger partial charge >= 0.3 is 0 Å². The Labute approximate surface area is 369 Å². The smallest absolute Gasteiger partial charge is 0.262 e. The largest absolute Gasteiger partial charge is 0.489 e. The number of fused-ring (bicyclic) bond motifs is 2. The lowest BCUT2D eigenvalue weighted by molar-refractivity contribution is -0.208. The lowest BCUT2D eigenvalue weighted by Gasteiger charge is -2.65. The number of ether oxygens (including phenoxy) is 1. The number of likely N-dealkylation sites (tertiary alicyclic amines) is 1. The third kappa shape index (κ3) is 7.11. The Morgan fingerprint density at radius 3 is 2.29 bits per heavy atom. The van der Waals surface area contributed by atoms with E-state index >= 15 is 4.39 Å². The Hall–Kier alpha value is -5.38. The minimum absolute atomic E-state index is 0.0151. The van der Waals surface area contributed by atoms with Gasteiger partial charge < -0.3 is 14.5 Å². The molecule has 0 radical (unpaired) electrons. The summed E-state index contributed by atoms with van der Waals surface area (Å²) < 4.78 is 22.7. The third-order valence-corrected chi connectivity index (χ3v) is 14.9. The van der Waals surface area contributed by atoms with Gasteiger partial charge in [0.25, 0.3) is 11.8 Å². The minimum atomic E-state index is -1.10. The van der Waals surface area contributed by atoms with Crippen molar-refractivity contribution in [3.8, 4) is 17.6 Å². The van der Waals surface area contributed by atoms with Gasteiger partial charge in [-0.2, -0.15) is 0 Å². The highest BCUT2D eigenvalue weighted by Crippen LogP contribution is 2.59. The zero-order valence-corrected chi connectivity index (χ0v) is 36.8. The summed E-state index contributed by atoms with van der Waals surface area (Å²) in [6.07, 6.45) is 7.70. The highest BCUT2D eigenvalue weighted by Gasteiger charge is 2.67. The number of allylic oxidation sites excluding steroid dienone is 1. The van der Waals surface area contributed by atoms with Gasteiger partial charge in [-0.3, -0.25) is 44.1 Å². The van der Waals surface area contributed by atoms with Crippen LogP contribution < -0.4 is 15.0 Å². The van der Waals surface area contributed by atoms with Crippen molar-refractivity contribution in [2.75, 3.05) is 37.6 Å². The first kappa shape index (κ1) is 41.9. The van der Waals surface area contributed by atoms with Crippen LogP contribution in [0.2, 0.25) is 0 Å². The van der Waals surface area contributed by atoms with Crippen LogP contribution in [-0.2, 0) is 14.4 Å². The summed E-state index contributed by atoms with van der Waals surface area (Å²) in [6.45, 7) is 19.1. The zero-order chi connectivity index (χ0) is 43.8. The van der Waals surface area contributed by atoms with Gasteiger partial charge in [-0.25, -0.2) is 9.24 Å². The normalized spacial score (nSPS) is 30.1. The number of hydrogen-bond donors (Lipinski definition) is 1. The van der Waals surface area contributed by atoms with Crippen LogP contribution in [0.25, 0.3) is 4.85 Å². The molecule has 3 unspecified atom stereocenters. The van der Waals surface area contributed by atoms with E-state index in [-0.39, 0.29) is 76.4 Å². The summed E-state index contributed by atoms with van der Waals surface area (Å²) >= 11 is 3.47. The lowest BCUT2D eigenvalue weighted by atomic mass is 9.49. The summed E-state index contributed by atoms with van der Waals surface area (Å²) in [7, 11) is 0. The number of nitrogens with one attached hydrogen (secondary N) is 1. The number of piperazine rings is 1. The lowest BCUT2D eigenvalue weighted by Crippen LogP contribution is -2.75. The highest BCUT2D eigenvalue weighted by atomic mass is 79.9. The summed E-state index contributed by atoms with van der Waals surface area (Å²) in [5.74, 6) is 4.45. The Bertz CT molecular complexity index is 2430. The second-order valence-corrected chi connectivity index (χ2v) is 19.7. The first-order valence-corrected chi connectivity index (χ1v) is 22.3. The van der Waals surface area contributed by atoms with Crippen molar-refractivity contribution in [2.24, 2.45) is 27.7 Å². The Morgan fingerprint density at radius 2 is 1.63 bits per heavy atom. The number of nitrogens with zero attached hydrogens (tertiary/aromatic N) is 6. The van der Waals surface area contributed by atoms with E-state index in [9.17, 15) is 24.0 Å². The van der Waals surface area contributed by atoms with Crippen LogP contribution >= 0.6 is 15.9 Å². The maximum absolute atomic E-state index is 15.5. The van der Waals surface area contributed by atoms with Crippen LogP contribution in [0.1, 0.15) is 86.9 Å². The van der Waals surface area contributed by atoms with Gasteiger partial charge in [0.2, 0.25) is 23.4 Å². The molecule has 0 aromatic heterocycles. The number of carbonyl (C=O) groups excluding carboxylic acids is 5. The Balaban J connectivity index is 0.769. The van der Waals surface area contributed by atoms with Crippen molar-refractivity contribution in [1.82, 2.24) is 20.0 Å². The van der Waals surface area contributed by atoms with Crippen LogP contribution in [-0.4, -0.2) is 113 Å². The molecule has 322 valence electrons. The molecule has 2 aromatic rings. The number of carbonyl (C=O) groups is 5. The van der Waals surface area contributed by atoms with E-state index in [2.05, 4.69) is 70.5 Å². The number of piperidine rings is 1. The molecule has 5 fully saturated rings. The van der Waals surface area contributed by atoms with Crippen LogP contribution in [0.4, 0.5) is 15.8 Å². The van der Waals surface area contributed by atoms with Crippen molar-refractivity contribution in [3.63, 3.8) is 0 Å². The van der Waals surface area contributed by atoms with Gasteiger partial charge in [0, 0.05) is 72.4 Å². The highest BCUT2D eigenvalue weighted by molar-refractivity contribution is 9.10. The van der Waals surface area contributed by atoms with E-state index in [1.165, 1.54) is 6.07 Å². The van der Waals surface area contributed by atoms with Gasteiger partial charge in [-0.05, 0) is 68.4 Å². The van der Waals surface area contributed by atoms with Crippen molar-refractivity contribution in [1.29, 1.82) is 0 Å². The molecule has 2 aromatic carbocycles. The molecule has 62 heavy (non-hydrogen) atoms. The van der Waals surface area contributed by atoms with E-state index in [1.807, 2.05) is 34.1 Å². The first-order chi connectivity index (χ1) is 29.6. The van der Waals surface area contributed by atoms with Crippen molar-refractivity contribution < 1.29 is 33.1 Å². The van der Waals surface area contributed by atoms with Crippen LogP contribution in [0.3, 0.4) is 0 Å². The molecule has 7 aliphatic rings. The molecule has 0 spiro atoms. The number of imide groups is 2. The summed E-state index contributed by atoms with van der Waals surface area (Å²) in [5, 5.41) is 2.19. The van der Waals surface area contributed by atoms with Gasteiger partial charge in [-0.15, -0.1) is 0 Å². The second-order valence-electron chi connectivity index (χ2n) is 18.8. The number of aliphatic imine (C=N–C) groups is 1. The molecule has 3 saturated heterocycles. The predicted octanol–water partition coefficient (Wildman–Crippen LogP) is 5.94. The van der Waals surface area contributed by atoms with Gasteiger partial charge in [0.05, 0.1) is 35.3 Å². The standard InChI is InChI=1S/C47H49BrFN7O6/c1-46(2)44(47(3,4)45(46)62-29-13-15-35(50-5)33(48)22-29)55-25-36-30(41(55)59)14-10-27(51-36)9-6-26-7-11-28(12-8-26)53-18-20-54(21-19-53)38-24-32-31(23-34(38)49)42(60)56(43(32)61)37-16-17-39(57)52-40(37)58/h10,13-15,22-24,26,28,30,36-37,44-45H,7-8,11-12,16-21,25H2,1-4H3,(H,52,57,58). The number of hydrogen-bond acceptors (Lipinski definition) is 9. The molecule has 0 bridgehead atoms. The summed E-state index contributed by atoms with van der Waals surface area (Å²) in [6, 6.07) is 7.01. The van der Waals surface area contributed by atoms with Gasteiger partial charge in [0.15, 0.2) is 0 Å². The van der Waals surface area contributed by atoms with E-state index < -0.39 is 35.5 Å². The molecule has 2 saturated carbocycles. The number of halogens is 2. The summed E-state index contributed by atoms with van der Waals surface area (Å²) in [5.41, 5.74) is 0.870. The van der Waals surface area contributed by atoms with Gasteiger partial charge in [-0.1, -0.05) is 61.7 Å². The number of amides is 5. The molecule has 13 nitrogen and oxygen atoms in total. The minimum Gasteiger partial charge on any atom is -0.489 e. The fourth-order valence-corrected chi connectivity index (χ4v) is 12.1. The van der Waals surface area contributed by atoms with Crippen molar-refractivity contribution in [2.45, 2.75) is 96.5 Å². The molecule has 1 N–H and O–H groups in total. The zero-order valence-electron chi connectivity index (χ0n) is 35.2. The van der Waals surface area contributed by atoms with Crippen LogP contribution in [0, 0.1) is 46.9 Å². The molecule has 2 aliphatic carbocycles. The maximum Gasteiger partial charge on any atom is 0.262 e. The number of benzene rings is 2. The first-order valence-electron chi connectivity index (χ1n) is 21.5. The van der Waals surface area contributed by atoms with Crippen molar-refractivity contribution in [3.05, 3.63) is 75.3 Å². The van der Waals surface area contributed by atoms with Gasteiger partial charge in [0.1, 0.15) is 29.4 Å². The molecular weight excluding hydrogens is 857 g/mol. The fraction of sp³-hybridized carbons (Fsp3) is 0.511. The SMILES string of the molecule is [C-]#[N+]c1ccc(OC2C(C)(C)C(N3CC4N=C(C#CC5CCC(N6CCN(c7cc8c(cc7F)C(=O)N(C7CCC(=O)NC7=O)C8=O)CC6)CC5)C=CC4C3=O)C2(C)C)cc1Br. The van der Waals surface area contributed by atoms with E-state index in [4.69, 9.17) is 16.3 Å². The molecule has 3 atom stereocenters. The molecule has 15 heteroatoms. The third-order valence-electron chi connectivity index (χ3n) is 14.3. The second kappa shape index (κ2) is 15.8. The van der Waals surface area contributed by atoms with E-state index in [0.29, 0.717) is 41.6 Å². The summed E-state index contributed by atoms with van der Waals surface area (Å²) in [4.78, 5) is 80.2. The van der Waals surface area contributed by atoms with Crippen LogP contribution in [0.15, 0.2) is 51.9 Å². The number of rotatable bonds is 6. The predicted molar refractivity (Wildman–Crippen MR) is 232 cm³/mol. The van der Waals surface area contributed by atoms with Crippen molar-refractivity contribution >= 4 is 62.6 Å². The fourth-order valence-electron chi connectivity index (χ4n) is 11.6. The molecule has 5 aliphatic heterocycles. The molecule has 5 amide bonds. The average molecular weight is 907 g/mol. The molecule has 9 rings (SSSR count). The Kier molecular flexibility index (Phi) is 10.7. The quantitative estimate of drug-likeness (QED) is 0.214. The molecular formula is C47H49BrFN7O6. The maximum atomic E-state index is 15.5. The number of anilines is 1. The average Bonchev–Trinajstić information content (AvgIpc) is 3.68. The van der Waals surface area contributed by atoms with Crippen LogP contribution in [0.5, 0.6) is 5.75 Å². The monoisotopic (exact) mass is 905 g/mol. The number of dihydropyridines is 1. The molecule has 5 heterocycles. The van der Waals surface area contributed by atoms with E-state index in [1.54, 1.807) is 6.07 Å². The topological polar surface area (TPSA) is 136 Å². The Morgan fingerprint density at radius 1 is 0.935 bits per heavy atom.